The van der Waals surface area contributed by atoms with Crippen LogP contribution in [-0.4, -0.2) is 22.0 Å². The average molecular weight is 428 g/mol. The molecule has 0 spiro atoms. The van der Waals surface area contributed by atoms with E-state index in [9.17, 15) is 19.5 Å². The van der Waals surface area contributed by atoms with E-state index in [0.717, 1.165) is 0 Å². The first-order valence-corrected chi connectivity index (χ1v) is 9.92. The summed E-state index contributed by atoms with van der Waals surface area (Å²) in [4.78, 5) is 36.9. The van der Waals surface area contributed by atoms with E-state index in [1.165, 1.54) is 13.0 Å². The number of amides is 1. The summed E-state index contributed by atoms with van der Waals surface area (Å²) in [5.74, 6) is -0.805. The van der Waals surface area contributed by atoms with Gasteiger partial charge in [0.15, 0.2) is 11.4 Å². The van der Waals surface area contributed by atoms with Crippen molar-refractivity contribution in [1.29, 1.82) is 0 Å². The fourth-order valence-corrected chi connectivity index (χ4v) is 3.58. The molecule has 1 atom stereocenters. The molecule has 160 valence electrons. The van der Waals surface area contributed by atoms with Gasteiger partial charge in [0.1, 0.15) is 0 Å². The number of rotatable bonds is 5. The predicted molar refractivity (Wildman–Crippen MR) is 120 cm³/mol. The monoisotopic (exact) mass is 428 g/mol. The van der Waals surface area contributed by atoms with Crippen LogP contribution in [0.25, 0.3) is 10.8 Å². The molecule has 4 rings (SSSR count). The fourth-order valence-electron chi connectivity index (χ4n) is 3.58. The number of ketones is 1. The van der Waals surface area contributed by atoms with Crippen LogP contribution in [0.2, 0.25) is 0 Å². The van der Waals surface area contributed by atoms with Gasteiger partial charge in [-0.15, -0.1) is 0 Å². The highest BCUT2D eigenvalue weighted by atomic mass is 16.5. The molecule has 32 heavy (non-hydrogen) atoms. The Balaban J connectivity index is 1.77. The van der Waals surface area contributed by atoms with Crippen LogP contribution in [0.5, 0.6) is 0 Å². The molecule has 0 saturated carbocycles. The Hall–Kier alpha value is -4.10. The number of anilines is 1. The van der Waals surface area contributed by atoms with E-state index in [-0.39, 0.29) is 5.78 Å². The highest BCUT2D eigenvalue weighted by Gasteiger charge is 2.40. The maximum atomic E-state index is 13.4. The van der Waals surface area contributed by atoms with E-state index in [1.54, 1.807) is 73.7 Å². The lowest BCUT2D eigenvalue weighted by molar-refractivity contribution is -0.131. The smallest absolute Gasteiger partial charge is 0.366 e. The van der Waals surface area contributed by atoms with Crippen molar-refractivity contribution >= 4 is 28.2 Å². The van der Waals surface area contributed by atoms with E-state index in [1.807, 2.05) is 0 Å². The second-order valence-corrected chi connectivity index (χ2v) is 7.48. The minimum absolute atomic E-state index is 0.117. The van der Waals surface area contributed by atoms with Crippen molar-refractivity contribution in [2.45, 2.75) is 19.4 Å². The van der Waals surface area contributed by atoms with Crippen molar-refractivity contribution in [3.63, 3.8) is 0 Å². The van der Waals surface area contributed by atoms with Crippen LogP contribution in [0, 0.1) is 6.92 Å². The first-order valence-electron chi connectivity index (χ1n) is 9.92. The zero-order chi connectivity index (χ0) is 22.9. The van der Waals surface area contributed by atoms with Gasteiger partial charge in [0, 0.05) is 16.6 Å². The first kappa shape index (κ1) is 21.1. The number of fused-ring (bicyclic) bond motifs is 1. The lowest BCUT2D eigenvalue weighted by Gasteiger charge is -2.28. The van der Waals surface area contributed by atoms with Crippen molar-refractivity contribution in [2.75, 3.05) is 5.32 Å². The van der Waals surface area contributed by atoms with Crippen molar-refractivity contribution in [3.8, 4) is 0 Å². The van der Waals surface area contributed by atoms with Gasteiger partial charge < -0.3 is 14.9 Å². The van der Waals surface area contributed by atoms with Gasteiger partial charge >= 0.3 is 5.63 Å². The minimum Gasteiger partial charge on any atom is -0.372 e. The van der Waals surface area contributed by atoms with Gasteiger partial charge in [0.05, 0.1) is 11.1 Å². The van der Waals surface area contributed by atoms with Crippen LogP contribution in [-0.2, 0) is 10.4 Å². The van der Waals surface area contributed by atoms with Crippen molar-refractivity contribution in [1.82, 2.24) is 5.16 Å². The van der Waals surface area contributed by atoms with Crippen LogP contribution >= 0.6 is 0 Å². The molecule has 2 N–H and O–H groups in total. The highest BCUT2D eigenvalue weighted by molar-refractivity contribution is 6.02. The number of hydrogen-bond acceptors (Lipinski definition) is 6. The number of benzene rings is 3. The number of hydrogen-bond donors (Lipinski definition) is 2. The molecule has 0 aliphatic rings. The van der Waals surface area contributed by atoms with Gasteiger partial charge in [-0.1, -0.05) is 59.8 Å². The van der Waals surface area contributed by atoms with Gasteiger partial charge in [-0.25, -0.2) is 4.79 Å². The number of nitrogens with one attached hydrogen (secondary N) is 1. The highest BCUT2D eigenvalue weighted by Crippen LogP contribution is 2.32. The predicted octanol–water partition coefficient (Wildman–Crippen LogP) is 3.57. The molecule has 4 aromatic rings. The van der Waals surface area contributed by atoms with Crippen LogP contribution in [0.15, 0.2) is 82.1 Å². The molecule has 1 amide bonds. The summed E-state index contributed by atoms with van der Waals surface area (Å²) in [5.41, 5.74) is -0.565. The second-order valence-electron chi connectivity index (χ2n) is 7.48. The summed E-state index contributed by atoms with van der Waals surface area (Å²) in [6, 6.07) is 19.5. The molecule has 1 heterocycles. The van der Waals surface area contributed by atoms with Crippen LogP contribution in [0.4, 0.5) is 5.69 Å². The van der Waals surface area contributed by atoms with Crippen molar-refractivity contribution < 1.29 is 19.2 Å². The maximum absolute atomic E-state index is 13.4. The minimum atomic E-state index is -2.02. The first-order chi connectivity index (χ1) is 15.3. The molecule has 0 aliphatic carbocycles. The third kappa shape index (κ3) is 3.70. The molecular weight excluding hydrogens is 408 g/mol. The summed E-state index contributed by atoms with van der Waals surface area (Å²) in [6.07, 6.45) is 0. The number of carbonyl (C=O) groups is 2. The Morgan fingerprint density at radius 2 is 1.59 bits per heavy atom. The third-order valence-electron chi connectivity index (χ3n) is 5.38. The second kappa shape index (κ2) is 8.20. The van der Waals surface area contributed by atoms with Crippen LogP contribution in [0.3, 0.4) is 0 Å². The molecule has 1 aromatic heterocycles. The van der Waals surface area contributed by atoms with Crippen LogP contribution < -0.4 is 10.9 Å². The lowest BCUT2D eigenvalue weighted by atomic mass is 9.84. The van der Waals surface area contributed by atoms with Gasteiger partial charge in [-0.3, -0.25) is 9.59 Å². The van der Waals surface area contributed by atoms with Crippen molar-refractivity contribution in [3.05, 3.63) is 106 Å². The molecule has 0 radical (unpaired) electrons. The standard InChI is InChI=1S/C25H20N2O5/c1-15-22-14-20(12-13-21(22)23(29)32-27-15)26-24(30)25(31,18-6-4-3-5-7-18)19-10-8-17(9-11-19)16(2)28/h3-14,31H,1-2H3,(H,26,30). The molecule has 0 bridgehead atoms. The number of carbonyl (C=O) groups excluding carboxylic acids is 2. The molecule has 7 nitrogen and oxygen atoms in total. The van der Waals surface area contributed by atoms with Crippen LogP contribution in [0.1, 0.15) is 34.1 Å². The third-order valence-corrected chi connectivity index (χ3v) is 5.38. The number of aliphatic hydroxyl groups is 1. The summed E-state index contributed by atoms with van der Waals surface area (Å²) >= 11 is 0. The lowest BCUT2D eigenvalue weighted by Crippen LogP contribution is -2.41. The SMILES string of the molecule is CC(=O)c1ccc(C(O)(C(=O)Nc2ccc3c(=O)onc(C)c3c2)c2ccccc2)cc1. The van der Waals surface area contributed by atoms with E-state index >= 15 is 0 Å². The van der Waals surface area contributed by atoms with E-state index in [4.69, 9.17) is 4.52 Å². The zero-order valence-corrected chi connectivity index (χ0v) is 17.5. The maximum Gasteiger partial charge on any atom is 0.366 e. The molecule has 0 aliphatic heterocycles. The summed E-state index contributed by atoms with van der Waals surface area (Å²) in [5, 5.41) is 19.0. The molecule has 3 aromatic carbocycles. The van der Waals surface area contributed by atoms with Gasteiger partial charge in [0.2, 0.25) is 0 Å². The zero-order valence-electron chi connectivity index (χ0n) is 17.5. The van der Waals surface area contributed by atoms with E-state index in [0.29, 0.717) is 38.8 Å². The summed E-state index contributed by atoms with van der Waals surface area (Å²) in [7, 11) is 0. The molecule has 0 saturated heterocycles. The van der Waals surface area contributed by atoms with E-state index in [2.05, 4.69) is 10.5 Å². The van der Waals surface area contributed by atoms with Crippen molar-refractivity contribution in [2.24, 2.45) is 0 Å². The molecular formula is C25H20N2O5. The quantitative estimate of drug-likeness (QED) is 0.470. The number of aryl methyl sites for hydroxylation is 1. The molecule has 1 unspecified atom stereocenters. The van der Waals surface area contributed by atoms with Gasteiger partial charge in [-0.2, -0.15) is 0 Å². The molecule has 7 heteroatoms. The Kier molecular flexibility index (Phi) is 5.42. The Morgan fingerprint density at radius 1 is 0.938 bits per heavy atom. The number of nitrogens with zero attached hydrogens (tertiary/aromatic N) is 1. The largest absolute Gasteiger partial charge is 0.372 e. The van der Waals surface area contributed by atoms with E-state index < -0.39 is 17.1 Å². The Bertz CT molecular complexity index is 1380. The number of aromatic nitrogens is 1. The summed E-state index contributed by atoms with van der Waals surface area (Å²) < 4.78 is 4.73. The topological polar surface area (TPSA) is 110 Å². The fraction of sp³-hybridized carbons (Fsp3) is 0.120. The Labute approximate surface area is 183 Å². The van der Waals surface area contributed by atoms with Gasteiger partial charge in [0.25, 0.3) is 5.91 Å². The number of Topliss-reactive ketones (excluding diaryl/α,β-unsaturated/α-hetero) is 1. The Morgan fingerprint density at radius 3 is 2.25 bits per heavy atom. The average Bonchev–Trinajstić information content (AvgIpc) is 2.81. The van der Waals surface area contributed by atoms with Gasteiger partial charge in [-0.05, 0) is 43.2 Å². The normalized spacial score (nSPS) is 12.8. The summed E-state index contributed by atoms with van der Waals surface area (Å²) in [6.45, 7) is 3.13. The molecule has 0 fully saturated rings.